The Morgan fingerprint density at radius 3 is 2.62 bits per heavy atom. The van der Waals surface area contributed by atoms with Crippen LogP contribution in [-0.2, 0) is 6.54 Å². The molecule has 0 atom stereocenters. The lowest BCUT2D eigenvalue weighted by Gasteiger charge is -1.95. The number of hydrogen-bond donors (Lipinski definition) is 0. The number of allylic oxidation sites excluding steroid dienone is 1. The first-order valence-electron chi connectivity index (χ1n) is 4.52. The van der Waals surface area contributed by atoms with Gasteiger partial charge in [0.1, 0.15) is 0 Å². The second-order valence-corrected chi connectivity index (χ2v) is 5.20. The lowest BCUT2D eigenvalue weighted by Crippen LogP contribution is -2.01. The third-order valence-electron chi connectivity index (χ3n) is 1.87. The van der Waals surface area contributed by atoms with Crippen LogP contribution in [0.5, 0.6) is 0 Å². The molecule has 0 amide bonds. The molecule has 2 rings (SSSR count). The van der Waals surface area contributed by atoms with Crippen molar-refractivity contribution in [3.05, 3.63) is 39.8 Å². The van der Waals surface area contributed by atoms with Gasteiger partial charge in [0.05, 0.1) is 6.54 Å². The summed E-state index contributed by atoms with van der Waals surface area (Å²) in [7, 11) is 0. The second-order valence-electron chi connectivity index (χ2n) is 3.17. The Balaban J connectivity index is 2.24. The maximum absolute atomic E-state index is 4.24. The zero-order chi connectivity index (χ0) is 11.5. The van der Waals surface area contributed by atoms with E-state index in [1.807, 2.05) is 24.3 Å². The molecule has 1 aromatic carbocycles. The molecule has 0 unspecified atom stereocenters. The van der Waals surface area contributed by atoms with Crippen LogP contribution in [0.2, 0.25) is 0 Å². The molecule has 0 saturated heterocycles. The van der Waals surface area contributed by atoms with Crippen LogP contribution in [0, 0.1) is 0 Å². The number of aromatic nitrogens is 4. The molecular formula is C10H8Br2N4. The Morgan fingerprint density at radius 1 is 1.31 bits per heavy atom. The van der Waals surface area contributed by atoms with E-state index in [0.717, 1.165) is 14.5 Å². The maximum atomic E-state index is 4.24. The zero-order valence-corrected chi connectivity index (χ0v) is 11.4. The molecule has 1 heterocycles. The van der Waals surface area contributed by atoms with Gasteiger partial charge in [-0.05, 0) is 29.5 Å². The first-order valence-corrected chi connectivity index (χ1v) is 6.11. The lowest BCUT2D eigenvalue weighted by molar-refractivity contribution is 0.580. The van der Waals surface area contributed by atoms with E-state index in [2.05, 4.69) is 53.8 Å². The van der Waals surface area contributed by atoms with Crippen LogP contribution >= 0.6 is 31.9 Å². The van der Waals surface area contributed by atoms with E-state index in [-0.39, 0.29) is 0 Å². The van der Waals surface area contributed by atoms with Crippen molar-refractivity contribution in [1.29, 1.82) is 0 Å². The van der Waals surface area contributed by atoms with Crippen molar-refractivity contribution in [3.8, 4) is 11.4 Å². The first-order chi connectivity index (χ1) is 7.65. The van der Waals surface area contributed by atoms with Gasteiger partial charge in [-0.3, -0.25) is 0 Å². The van der Waals surface area contributed by atoms with Gasteiger partial charge in [0.15, 0.2) is 0 Å². The molecule has 4 nitrogen and oxygen atoms in total. The van der Waals surface area contributed by atoms with Crippen molar-refractivity contribution in [2.24, 2.45) is 0 Å². The number of nitrogens with zero attached hydrogens (tertiary/aromatic N) is 4. The minimum atomic E-state index is 0.517. The molecular weight excluding hydrogens is 336 g/mol. The van der Waals surface area contributed by atoms with Crippen LogP contribution in [0.4, 0.5) is 0 Å². The van der Waals surface area contributed by atoms with Gasteiger partial charge in [-0.15, -0.1) is 10.2 Å². The van der Waals surface area contributed by atoms with Crippen molar-refractivity contribution in [1.82, 2.24) is 20.2 Å². The SMILES string of the molecule is C=C(Br)Cn1nnc(-c2ccc(Br)cc2)n1. The minimum Gasteiger partial charge on any atom is -0.159 e. The van der Waals surface area contributed by atoms with Crippen LogP contribution in [0.3, 0.4) is 0 Å². The van der Waals surface area contributed by atoms with Crippen molar-refractivity contribution < 1.29 is 0 Å². The van der Waals surface area contributed by atoms with Gasteiger partial charge in [0, 0.05) is 14.5 Å². The van der Waals surface area contributed by atoms with Crippen LogP contribution in [0.25, 0.3) is 11.4 Å². The summed E-state index contributed by atoms with van der Waals surface area (Å²) in [5.41, 5.74) is 0.939. The van der Waals surface area contributed by atoms with Crippen LogP contribution in [0.1, 0.15) is 0 Å². The fraction of sp³-hybridized carbons (Fsp3) is 0.100. The summed E-state index contributed by atoms with van der Waals surface area (Å²) in [4.78, 5) is 1.49. The number of tetrazole rings is 1. The minimum absolute atomic E-state index is 0.517. The molecule has 2 aromatic rings. The Hall–Kier alpha value is -1.01. The molecule has 0 saturated carbocycles. The highest BCUT2D eigenvalue weighted by Crippen LogP contribution is 2.17. The molecule has 0 N–H and O–H groups in total. The predicted molar refractivity (Wildman–Crippen MR) is 69.0 cm³/mol. The molecule has 0 aliphatic rings. The average Bonchev–Trinajstić information content (AvgIpc) is 2.66. The van der Waals surface area contributed by atoms with E-state index < -0.39 is 0 Å². The predicted octanol–water partition coefficient (Wildman–Crippen LogP) is 3.01. The quantitative estimate of drug-likeness (QED) is 0.860. The number of halogens is 2. The van der Waals surface area contributed by atoms with Crippen LogP contribution < -0.4 is 0 Å². The molecule has 0 bridgehead atoms. The third-order valence-corrected chi connectivity index (χ3v) is 2.65. The lowest BCUT2D eigenvalue weighted by atomic mass is 10.2. The molecule has 16 heavy (non-hydrogen) atoms. The highest BCUT2D eigenvalue weighted by molar-refractivity contribution is 9.11. The molecule has 82 valence electrons. The summed E-state index contributed by atoms with van der Waals surface area (Å²) < 4.78 is 1.84. The van der Waals surface area contributed by atoms with Gasteiger partial charge in [-0.2, -0.15) is 4.80 Å². The van der Waals surface area contributed by atoms with Gasteiger partial charge in [-0.25, -0.2) is 0 Å². The first kappa shape index (κ1) is 11.5. The summed E-state index contributed by atoms with van der Waals surface area (Å²) in [6.07, 6.45) is 0. The Labute approximate surface area is 110 Å². The monoisotopic (exact) mass is 342 g/mol. The van der Waals surface area contributed by atoms with E-state index in [0.29, 0.717) is 12.4 Å². The smallest absolute Gasteiger partial charge is 0.159 e. The van der Waals surface area contributed by atoms with Crippen molar-refractivity contribution in [2.45, 2.75) is 6.54 Å². The van der Waals surface area contributed by atoms with E-state index in [9.17, 15) is 0 Å². The topological polar surface area (TPSA) is 43.6 Å². The molecule has 0 aliphatic carbocycles. The summed E-state index contributed by atoms with van der Waals surface area (Å²) in [6, 6.07) is 7.77. The molecule has 0 spiro atoms. The van der Waals surface area contributed by atoms with E-state index >= 15 is 0 Å². The summed E-state index contributed by atoms with van der Waals surface area (Å²) in [5, 5.41) is 12.1. The Morgan fingerprint density at radius 2 is 2.00 bits per heavy atom. The maximum Gasteiger partial charge on any atom is 0.204 e. The highest BCUT2D eigenvalue weighted by atomic mass is 79.9. The van der Waals surface area contributed by atoms with Gasteiger partial charge in [-0.1, -0.05) is 38.4 Å². The third kappa shape index (κ3) is 2.76. The number of benzene rings is 1. The summed E-state index contributed by atoms with van der Waals surface area (Å²) in [6.45, 7) is 4.24. The normalized spacial score (nSPS) is 10.4. The van der Waals surface area contributed by atoms with Gasteiger partial charge >= 0.3 is 0 Å². The Kier molecular flexibility index (Phi) is 3.50. The average molecular weight is 344 g/mol. The van der Waals surface area contributed by atoms with E-state index in [1.54, 1.807) is 0 Å². The molecule has 0 fully saturated rings. The molecule has 1 aromatic heterocycles. The van der Waals surface area contributed by atoms with Crippen molar-refractivity contribution in [2.75, 3.05) is 0 Å². The Bertz CT molecular complexity index is 504. The van der Waals surface area contributed by atoms with E-state index in [4.69, 9.17) is 0 Å². The summed E-state index contributed by atoms with van der Waals surface area (Å²) >= 11 is 6.63. The van der Waals surface area contributed by atoms with Gasteiger partial charge < -0.3 is 0 Å². The van der Waals surface area contributed by atoms with Crippen molar-refractivity contribution >= 4 is 31.9 Å². The zero-order valence-electron chi connectivity index (χ0n) is 8.27. The van der Waals surface area contributed by atoms with Crippen LogP contribution in [-0.4, -0.2) is 20.2 Å². The second kappa shape index (κ2) is 4.88. The number of rotatable bonds is 3. The fourth-order valence-corrected chi connectivity index (χ4v) is 1.67. The van der Waals surface area contributed by atoms with Crippen molar-refractivity contribution in [3.63, 3.8) is 0 Å². The summed E-state index contributed by atoms with van der Waals surface area (Å²) in [5.74, 6) is 0.612. The standard InChI is InChI=1S/C10H8Br2N4/c1-7(11)6-16-14-10(13-15-16)8-2-4-9(12)5-3-8/h2-5H,1,6H2. The molecule has 6 heteroatoms. The van der Waals surface area contributed by atoms with Gasteiger partial charge in [0.25, 0.3) is 0 Å². The van der Waals surface area contributed by atoms with Crippen LogP contribution in [0.15, 0.2) is 39.8 Å². The van der Waals surface area contributed by atoms with Gasteiger partial charge in [0.2, 0.25) is 5.82 Å². The van der Waals surface area contributed by atoms with E-state index in [1.165, 1.54) is 4.80 Å². The molecule has 0 radical (unpaired) electrons. The largest absolute Gasteiger partial charge is 0.204 e. The highest BCUT2D eigenvalue weighted by Gasteiger charge is 2.05. The molecule has 0 aliphatic heterocycles. The fourth-order valence-electron chi connectivity index (χ4n) is 1.18. The number of hydrogen-bond acceptors (Lipinski definition) is 3.